The Balaban J connectivity index is 0.000000845. The van der Waals surface area contributed by atoms with Crippen LogP contribution in [0.2, 0.25) is 5.02 Å². The van der Waals surface area contributed by atoms with Crippen molar-refractivity contribution < 1.29 is 10.2 Å². The second-order valence-corrected chi connectivity index (χ2v) is 2.98. The summed E-state index contributed by atoms with van der Waals surface area (Å²) in [5.41, 5.74) is 0.997. The number of ether oxygens (including phenoxy) is 1. The molecule has 1 aromatic carbocycles. The van der Waals surface area contributed by atoms with Crippen molar-refractivity contribution >= 4 is 17.5 Å². The van der Waals surface area contributed by atoms with Gasteiger partial charge >= 0.3 is 0 Å². The van der Waals surface area contributed by atoms with E-state index in [9.17, 15) is 0 Å². The lowest BCUT2D eigenvalue weighted by Crippen LogP contribution is -1.99. The fourth-order valence-electron chi connectivity index (χ4n) is 1.10. The zero-order valence-electron chi connectivity index (χ0n) is 6.96. The van der Waals surface area contributed by atoms with Crippen LogP contribution in [-0.4, -0.2) is 24.5 Å². The summed E-state index contributed by atoms with van der Waals surface area (Å²) in [5, 5.41) is 0.734. The van der Waals surface area contributed by atoms with Crippen LogP contribution in [0.5, 0.6) is 0 Å². The fraction of sp³-hybridized carbons (Fsp3) is 0.222. The van der Waals surface area contributed by atoms with Gasteiger partial charge in [0.15, 0.2) is 0 Å². The van der Waals surface area contributed by atoms with Crippen LogP contribution < -0.4 is 0 Å². The molecule has 0 unspecified atom stereocenters. The molecule has 0 atom stereocenters. The van der Waals surface area contributed by atoms with Gasteiger partial charge in [-0.1, -0.05) is 11.6 Å². The molecule has 0 aromatic heterocycles. The van der Waals surface area contributed by atoms with E-state index in [1.807, 2.05) is 24.3 Å². The minimum absolute atomic E-state index is 0. The average Bonchev–Trinajstić information content (AvgIpc) is 2.58. The molecule has 1 aliphatic rings. The first-order valence-electron chi connectivity index (χ1n) is 3.79. The molecule has 1 aliphatic heterocycles. The Kier molecular flexibility index (Phi) is 3.28. The van der Waals surface area contributed by atoms with Gasteiger partial charge in [0, 0.05) is 10.6 Å². The maximum absolute atomic E-state index is 5.74. The van der Waals surface area contributed by atoms with Crippen LogP contribution in [-0.2, 0) is 4.74 Å². The molecule has 3 nitrogen and oxygen atoms in total. The molecule has 70 valence electrons. The van der Waals surface area contributed by atoms with Crippen molar-refractivity contribution in [3.8, 4) is 0 Å². The Morgan fingerprint density at radius 1 is 1.23 bits per heavy atom. The summed E-state index contributed by atoms with van der Waals surface area (Å²) in [5.74, 6) is 0.728. The molecule has 1 heterocycles. The molecule has 0 amide bonds. The van der Waals surface area contributed by atoms with Crippen molar-refractivity contribution in [3.05, 3.63) is 34.9 Å². The van der Waals surface area contributed by atoms with E-state index in [1.54, 1.807) is 0 Å². The molecule has 4 heteroatoms. The largest absolute Gasteiger partial charge is 0.476 e. The number of aliphatic imine (C=N–C) groups is 1. The summed E-state index contributed by atoms with van der Waals surface area (Å²) in [4.78, 5) is 4.19. The zero-order valence-corrected chi connectivity index (χ0v) is 7.71. The number of nitrogens with zero attached hydrogens (tertiary/aromatic N) is 1. The molecule has 0 aliphatic carbocycles. The number of benzene rings is 1. The Hall–Kier alpha value is -1.06. The van der Waals surface area contributed by atoms with Crippen LogP contribution in [0.4, 0.5) is 0 Å². The number of hydrogen-bond donors (Lipinski definition) is 0. The Morgan fingerprint density at radius 2 is 1.92 bits per heavy atom. The van der Waals surface area contributed by atoms with Crippen molar-refractivity contribution in [2.45, 2.75) is 0 Å². The average molecular weight is 200 g/mol. The first kappa shape index (κ1) is 10.0. The molecule has 1 aromatic rings. The molecule has 0 bridgehead atoms. The predicted octanol–water partition coefficient (Wildman–Crippen LogP) is 1.29. The molecular weight excluding hydrogens is 190 g/mol. The third kappa shape index (κ3) is 2.20. The van der Waals surface area contributed by atoms with E-state index in [0.717, 1.165) is 23.0 Å². The quantitative estimate of drug-likeness (QED) is 0.673. The van der Waals surface area contributed by atoms with Crippen LogP contribution in [0.25, 0.3) is 0 Å². The molecule has 13 heavy (non-hydrogen) atoms. The monoisotopic (exact) mass is 199 g/mol. The van der Waals surface area contributed by atoms with Gasteiger partial charge in [-0.15, -0.1) is 0 Å². The standard InChI is InChI=1S/C9H8ClNO.H2O/c10-8-3-1-7(2-4-8)9-11-5-6-12-9;/h1-4H,5-6H2;1H2. The topological polar surface area (TPSA) is 53.1 Å². The first-order valence-corrected chi connectivity index (χ1v) is 4.17. The molecular formula is C9H10ClNO2. The Morgan fingerprint density at radius 3 is 2.46 bits per heavy atom. The van der Waals surface area contributed by atoms with Gasteiger partial charge in [-0.05, 0) is 24.3 Å². The number of rotatable bonds is 1. The van der Waals surface area contributed by atoms with E-state index in [2.05, 4.69) is 4.99 Å². The summed E-state index contributed by atoms with van der Waals surface area (Å²) in [6.45, 7) is 1.45. The van der Waals surface area contributed by atoms with Crippen molar-refractivity contribution in [2.24, 2.45) is 4.99 Å². The first-order chi connectivity index (χ1) is 5.86. The van der Waals surface area contributed by atoms with E-state index in [4.69, 9.17) is 16.3 Å². The minimum Gasteiger partial charge on any atom is -0.476 e. The molecule has 0 saturated heterocycles. The SMILES string of the molecule is Clc1ccc(C2=NCCO2)cc1.O. The van der Waals surface area contributed by atoms with Crippen LogP contribution >= 0.6 is 11.6 Å². The maximum atomic E-state index is 5.74. The van der Waals surface area contributed by atoms with Crippen molar-refractivity contribution in [2.75, 3.05) is 13.2 Å². The molecule has 2 rings (SSSR count). The van der Waals surface area contributed by atoms with E-state index in [0.29, 0.717) is 6.61 Å². The highest BCUT2D eigenvalue weighted by molar-refractivity contribution is 6.30. The summed E-state index contributed by atoms with van der Waals surface area (Å²) < 4.78 is 5.29. The second-order valence-electron chi connectivity index (χ2n) is 2.54. The predicted molar refractivity (Wildman–Crippen MR) is 52.4 cm³/mol. The van der Waals surface area contributed by atoms with Gasteiger partial charge in [0.1, 0.15) is 6.61 Å². The summed E-state index contributed by atoms with van der Waals surface area (Å²) in [6, 6.07) is 7.49. The highest BCUT2D eigenvalue weighted by Crippen LogP contribution is 2.12. The van der Waals surface area contributed by atoms with E-state index < -0.39 is 0 Å². The summed E-state index contributed by atoms with van der Waals surface area (Å²) >= 11 is 5.74. The second kappa shape index (κ2) is 4.25. The highest BCUT2D eigenvalue weighted by Gasteiger charge is 2.08. The zero-order chi connectivity index (χ0) is 8.39. The van der Waals surface area contributed by atoms with E-state index >= 15 is 0 Å². The lowest BCUT2D eigenvalue weighted by atomic mass is 10.2. The normalized spacial score (nSPS) is 14.4. The Labute approximate surface area is 81.3 Å². The van der Waals surface area contributed by atoms with Crippen LogP contribution in [0.15, 0.2) is 29.3 Å². The minimum atomic E-state index is 0. The lowest BCUT2D eigenvalue weighted by molar-refractivity contribution is 0.348. The summed E-state index contributed by atoms with van der Waals surface area (Å²) in [6.07, 6.45) is 0. The van der Waals surface area contributed by atoms with Gasteiger partial charge in [-0.3, -0.25) is 0 Å². The van der Waals surface area contributed by atoms with Gasteiger partial charge in [0.25, 0.3) is 0 Å². The molecule has 0 fully saturated rings. The molecule has 0 saturated carbocycles. The van der Waals surface area contributed by atoms with Crippen LogP contribution in [0.1, 0.15) is 5.56 Å². The molecule has 2 N–H and O–H groups in total. The molecule has 0 radical (unpaired) electrons. The fourth-order valence-corrected chi connectivity index (χ4v) is 1.23. The Bertz CT molecular complexity index is 308. The van der Waals surface area contributed by atoms with E-state index in [-0.39, 0.29) is 5.48 Å². The van der Waals surface area contributed by atoms with Gasteiger partial charge in [0.05, 0.1) is 6.54 Å². The van der Waals surface area contributed by atoms with Crippen molar-refractivity contribution in [1.82, 2.24) is 0 Å². The third-order valence-corrected chi connectivity index (χ3v) is 1.93. The maximum Gasteiger partial charge on any atom is 0.216 e. The number of halogens is 1. The van der Waals surface area contributed by atoms with Crippen LogP contribution in [0, 0.1) is 0 Å². The summed E-state index contributed by atoms with van der Waals surface area (Å²) in [7, 11) is 0. The smallest absolute Gasteiger partial charge is 0.216 e. The highest BCUT2D eigenvalue weighted by atomic mass is 35.5. The lowest BCUT2D eigenvalue weighted by Gasteiger charge is -2.00. The van der Waals surface area contributed by atoms with Crippen molar-refractivity contribution in [1.29, 1.82) is 0 Å². The van der Waals surface area contributed by atoms with Gasteiger partial charge in [-0.2, -0.15) is 0 Å². The van der Waals surface area contributed by atoms with Gasteiger partial charge in [-0.25, -0.2) is 4.99 Å². The van der Waals surface area contributed by atoms with Gasteiger partial charge in [0.2, 0.25) is 5.90 Å². The van der Waals surface area contributed by atoms with Crippen LogP contribution in [0.3, 0.4) is 0 Å². The third-order valence-electron chi connectivity index (χ3n) is 1.68. The van der Waals surface area contributed by atoms with E-state index in [1.165, 1.54) is 0 Å². The van der Waals surface area contributed by atoms with Crippen molar-refractivity contribution in [3.63, 3.8) is 0 Å². The molecule has 0 spiro atoms. The number of hydrogen-bond acceptors (Lipinski definition) is 2. The van der Waals surface area contributed by atoms with Gasteiger partial charge < -0.3 is 10.2 Å².